The van der Waals surface area contributed by atoms with Crippen molar-refractivity contribution in [2.24, 2.45) is 17.8 Å². The van der Waals surface area contributed by atoms with Crippen LogP contribution in [-0.2, 0) is 62.3 Å². The molecule has 5 N–H and O–H groups in total. The Balaban J connectivity index is 1.29. The van der Waals surface area contributed by atoms with E-state index >= 15 is 0 Å². The van der Waals surface area contributed by atoms with Crippen molar-refractivity contribution >= 4 is 18.2 Å². The number of alkyl carbamates (subject to hydrolysis) is 2. The van der Waals surface area contributed by atoms with Gasteiger partial charge in [-0.25, -0.2) is 14.3 Å². The number of aliphatic hydroxyl groups excluding tert-OH is 1. The van der Waals surface area contributed by atoms with Gasteiger partial charge < -0.3 is 68.7 Å². The molecule has 3 saturated heterocycles. The van der Waals surface area contributed by atoms with Crippen LogP contribution in [0.2, 0.25) is 0 Å². The summed E-state index contributed by atoms with van der Waals surface area (Å²) in [6, 6.07) is 16.5. The zero-order valence-electron chi connectivity index (χ0n) is 49.2. The third kappa shape index (κ3) is 16.2. The Morgan fingerprint density at radius 2 is 1.51 bits per heavy atom. The van der Waals surface area contributed by atoms with Crippen molar-refractivity contribution in [3.63, 3.8) is 0 Å². The number of esters is 1. The van der Waals surface area contributed by atoms with E-state index in [2.05, 4.69) is 20.9 Å². The van der Waals surface area contributed by atoms with Crippen LogP contribution in [0, 0.1) is 24.7 Å². The fraction of sp³-hybridized carbons (Fsp3) is 0.707. The van der Waals surface area contributed by atoms with Gasteiger partial charge >= 0.3 is 18.2 Å². The summed E-state index contributed by atoms with van der Waals surface area (Å²) in [5, 5.41) is 51.5. The third-order valence-electron chi connectivity index (χ3n) is 16.3. The van der Waals surface area contributed by atoms with Gasteiger partial charge in [0.2, 0.25) is 0 Å². The standard InChI is InChI=1S/C58H91N7O14/c1-16-45-58(11,71)50(78-54(68)59-29-41-20-18-17-19-21-41)39(7)64(14)31-35(3)27-56(9,70)49(77-53-47(66)44(63(12)13)26-36(4)73-53)37(5)48(38(6)52(67)75-45)76-46-28-57(10,72-15)51(40(8)74-46)79-55(69)60-30-43-33-65(62-61-43)32-42-24-22-34(2)23-25-42/h17-25,33,35-40,44-51,53,66,70-71H,16,26-32H2,1-15H3,(H,59,68)(H,60,69)/t35-,36-,37+,38-,39+,40+,44+,45+,46+,47-,48-,49-,50+,51+,53+,56-,57-,58-/m1/s1. The summed E-state index contributed by atoms with van der Waals surface area (Å²) in [5.41, 5.74) is -1.24. The Morgan fingerprint density at radius 3 is 2.14 bits per heavy atom. The average molecular weight is 1110 g/mol. The molecular formula is C58H91N7O14. The number of carbonyl (C=O) groups is 3. The van der Waals surface area contributed by atoms with Crippen molar-refractivity contribution < 1.29 is 67.6 Å². The number of carbonyl (C=O) groups excluding carboxylic acids is 3. The summed E-state index contributed by atoms with van der Waals surface area (Å²) in [7, 11) is 7.09. The number of hydrogen-bond donors (Lipinski definition) is 5. The Labute approximate surface area is 467 Å². The molecule has 3 aliphatic heterocycles. The molecule has 1 aromatic heterocycles. The molecule has 79 heavy (non-hydrogen) atoms. The molecule has 442 valence electrons. The molecule has 0 saturated carbocycles. The van der Waals surface area contributed by atoms with Crippen molar-refractivity contribution in [1.82, 2.24) is 35.4 Å². The van der Waals surface area contributed by atoms with Gasteiger partial charge in [-0.3, -0.25) is 9.69 Å². The lowest BCUT2D eigenvalue weighted by Crippen LogP contribution is -2.61. The van der Waals surface area contributed by atoms with Gasteiger partial charge in [-0.1, -0.05) is 86.1 Å². The van der Waals surface area contributed by atoms with Crippen LogP contribution < -0.4 is 10.6 Å². The van der Waals surface area contributed by atoms with Crippen LogP contribution in [0.4, 0.5) is 9.59 Å². The van der Waals surface area contributed by atoms with E-state index in [1.807, 2.05) is 113 Å². The largest absolute Gasteiger partial charge is 0.459 e. The number of cyclic esters (lactones) is 1. The van der Waals surface area contributed by atoms with Crippen molar-refractivity contribution in [3.05, 3.63) is 83.2 Å². The molecule has 0 aliphatic carbocycles. The summed E-state index contributed by atoms with van der Waals surface area (Å²) in [5.74, 6) is -3.04. The van der Waals surface area contributed by atoms with Crippen molar-refractivity contribution in [3.8, 4) is 0 Å². The molecule has 3 aromatic rings. The highest BCUT2D eigenvalue weighted by molar-refractivity contribution is 5.73. The summed E-state index contributed by atoms with van der Waals surface area (Å²) in [6.45, 7) is 20.7. The SMILES string of the molecule is CC[C@@H]1OC(=O)[C@H](C)[C@H](O[C@H]2C[C@@](C)(OC)[C@@H](OC(=O)NCc3cn(Cc4ccc(C)cc4)nn3)[C@H](C)O2)[C@H](C)[C@@H](O[C@@H]2O[C@H](C)C[C@H](N(C)C)[C@H]2O)[C@](C)(O)C[C@@H](C)CN(C)[C@@H](C)[C@H](OC(=O)NCc2ccccc2)[C@]1(C)O. The molecule has 4 heterocycles. The van der Waals surface area contributed by atoms with Crippen LogP contribution in [0.3, 0.4) is 0 Å². The number of nitrogens with zero attached hydrogens (tertiary/aromatic N) is 5. The topological polar surface area (TPSA) is 247 Å². The first-order chi connectivity index (χ1) is 37.2. The summed E-state index contributed by atoms with van der Waals surface area (Å²) < 4.78 is 53.1. The maximum absolute atomic E-state index is 15.0. The van der Waals surface area contributed by atoms with Gasteiger partial charge in [-0.2, -0.15) is 0 Å². The van der Waals surface area contributed by atoms with Gasteiger partial charge in [0.1, 0.15) is 29.1 Å². The maximum Gasteiger partial charge on any atom is 0.407 e. The average Bonchev–Trinajstić information content (AvgIpc) is 3.85. The van der Waals surface area contributed by atoms with E-state index in [0.717, 1.165) is 16.7 Å². The molecule has 18 atom stereocenters. The number of nitrogens with one attached hydrogen (secondary N) is 2. The normalized spacial score (nSPS) is 36.3. The second-order valence-electron chi connectivity index (χ2n) is 23.5. The number of likely N-dealkylation sites (N-methyl/N-ethyl adjacent to an activating group) is 2. The molecule has 21 heteroatoms. The van der Waals surface area contributed by atoms with Crippen LogP contribution >= 0.6 is 0 Å². The minimum atomic E-state index is -1.94. The predicted molar refractivity (Wildman–Crippen MR) is 293 cm³/mol. The molecule has 2 aromatic carbocycles. The third-order valence-corrected chi connectivity index (χ3v) is 16.3. The molecule has 3 fully saturated rings. The van der Waals surface area contributed by atoms with E-state index in [1.165, 1.54) is 14.0 Å². The molecule has 2 amide bonds. The number of aryl methyl sites for hydroxylation is 1. The van der Waals surface area contributed by atoms with Crippen molar-refractivity contribution in [2.75, 3.05) is 34.8 Å². The predicted octanol–water partition coefficient (Wildman–Crippen LogP) is 5.72. The number of ether oxygens (including phenoxy) is 8. The van der Waals surface area contributed by atoms with E-state index in [1.54, 1.807) is 52.4 Å². The van der Waals surface area contributed by atoms with E-state index in [-0.39, 0.29) is 50.4 Å². The number of benzene rings is 2. The van der Waals surface area contributed by atoms with Crippen molar-refractivity contribution in [2.45, 2.75) is 212 Å². The summed E-state index contributed by atoms with van der Waals surface area (Å²) in [6.07, 6.45) is -9.20. The fourth-order valence-corrected chi connectivity index (χ4v) is 11.8. The quantitative estimate of drug-likeness (QED) is 0.0903. The van der Waals surface area contributed by atoms with E-state index in [9.17, 15) is 29.7 Å². The molecule has 0 radical (unpaired) electrons. The zero-order chi connectivity index (χ0) is 58.1. The highest BCUT2D eigenvalue weighted by atomic mass is 16.7. The number of methoxy groups -OCH3 is 1. The minimum absolute atomic E-state index is 0.0113. The first-order valence-corrected chi connectivity index (χ1v) is 27.9. The first-order valence-electron chi connectivity index (χ1n) is 27.9. The molecule has 0 bridgehead atoms. The molecule has 0 spiro atoms. The lowest BCUT2D eigenvalue weighted by atomic mass is 9.77. The van der Waals surface area contributed by atoms with Crippen molar-refractivity contribution in [1.29, 1.82) is 0 Å². The number of hydrogen-bond acceptors (Lipinski definition) is 18. The van der Waals surface area contributed by atoms with Crippen LogP contribution in [0.5, 0.6) is 0 Å². The number of aliphatic hydroxyl groups is 3. The van der Waals surface area contributed by atoms with Gasteiger partial charge in [-0.05, 0) is 113 Å². The van der Waals surface area contributed by atoms with Crippen LogP contribution in [0.1, 0.15) is 117 Å². The second-order valence-corrected chi connectivity index (χ2v) is 23.5. The maximum atomic E-state index is 15.0. The monoisotopic (exact) mass is 1110 g/mol. The van der Waals surface area contributed by atoms with Crippen LogP contribution in [-0.4, -0.2) is 183 Å². The molecule has 3 aliphatic rings. The molecule has 0 unspecified atom stereocenters. The zero-order valence-corrected chi connectivity index (χ0v) is 49.2. The summed E-state index contributed by atoms with van der Waals surface area (Å²) in [4.78, 5) is 46.0. The molecule has 6 rings (SSSR count). The van der Waals surface area contributed by atoms with Gasteiger partial charge in [0.05, 0.1) is 55.2 Å². The Hall–Kier alpha value is -4.81. The first kappa shape index (κ1) is 63.4. The lowest BCUT2D eigenvalue weighted by Gasteiger charge is -2.49. The van der Waals surface area contributed by atoms with Gasteiger partial charge in [0.25, 0.3) is 0 Å². The number of amides is 2. The fourth-order valence-electron chi connectivity index (χ4n) is 11.8. The van der Waals surface area contributed by atoms with Gasteiger partial charge in [-0.15, -0.1) is 5.10 Å². The highest BCUT2D eigenvalue weighted by Gasteiger charge is 2.54. The van der Waals surface area contributed by atoms with E-state index in [4.69, 9.17) is 37.9 Å². The Morgan fingerprint density at radius 1 is 0.861 bits per heavy atom. The molecular weight excluding hydrogens is 1020 g/mol. The van der Waals surface area contributed by atoms with Gasteiger partial charge in [0.15, 0.2) is 24.8 Å². The van der Waals surface area contributed by atoms with Crippen LogP contribution in [0.15, 0.2) is 60.8 Å². The molecule has 21 nitrogen and oxygen atoms in total. The Kier molecular flexibility index (Phi) is 21.9. The van der Waals surface area contributed by atoms with E-state index < -0.39 is 108 Å². The highest BCUT2D eigenvalue weighted by Crippen LogP contribution is 2.41. The Bertz CT molecular complexity index is 2410. The smallest absolute Gasteiger partial charge is 0.407 e. The lowest BCUT2D eigenvalue weighted by molar-refractivity contribution is -0.317. The second kappa shape index (κ2) is 27.3. The van der Waals surface area contributed by atoms with Crippen LogP contribution in [0.25, 0.3) is 0 Å². The van der Waals surface area contributed by atoms with E-state index in [0.29, 0.717) is 25.2 Å². The summed E-state index contributed by atoms with van der Waals surface area (Å²) >= 11 is 0. The minimum Gasteiger partial charge on any atom is -0.459 e. The number of rotatable bonds is 15. The van der Waals surface area contributed by atoms with Gasteiger partial charge in [0, 0.05) is 44.6 Å². The number of aromatic nitrogens is 3.